The Labute approximate surface area is 101 Å². The van der Waals surface area contributed by atoms with Crippen LogP contribution in [0.5, 0.6) is 0 Å². The summed E-state index contributed by atoms with van der Waals surface area (Å²) in [6.45, 7) is 4.82. The number of carbonyl (C=O) groups excluding carboxylic acids is 1. The number of thiophene rings is 1. The molecule has 1 aromatic heterocycles. The first-order valence-electron chi connectivity index (χ1n) is 4.81. The lowest BCUT2D eigenvalue weighted by molar-refractivity contribution is 0.101. The molecule has 0 N–H and O–H groups in total. The Balaban J connectivity index is 2.28. The van der Waals surface area contributed by atoms with E-state index in [2.05, 4.69) is 20.8 Å². The minimum Gasteiger partial charge on any atom is -0.378 e. The lowest BCUT2D eigenvalue weighted by Crippen LogP contribution is -2.36. The molecule has 1 fully saturated rings. The molecular formula is C10H12BrNO2S. The van der Waals surface area contributed by atoms with Gasteiger partial charge >= 0.3 is 0 Å². The molecule has 1 aliphatic rings. The van der Waals surface area contributed by atoms with E-state index in [-0.39, 0.29) is 5.78 Å². The van der Waals surface area contributed by atoms with E-state index < -0.39 is 0 Å². The highest BCUT2D eigenvalue weighted by Crippen LogP contribution is 2.34. The van der Waals surface area contributed by atoms with Crippen LogP contribution in [0.2, 0.25) is 0 Å². The minimum atomic E-state index is 0.132. The number of Topliss-reactive ketones (excluding diaryl/α,β-unsaturated/α-hetero) is 1. The van der Waals surface area contributed by atoms with Crippen LogP contribution in [0.1, 0.15) is 16.6 Å². The average Bonchev–Trinajstić information content (AvgIpc) is 2.62. The maximum Gasteiger partial charge on any atom is 0.171 e. The van der Waals surface area contributed by atoms with Crippen LogP contribution in [0.15, 0.2) is 9.85 Å². The molecule has 0 aliphatic carbocycles. The Morgan fingerprint density at radius 1 is 1.53 bits per heavy atom. The second-order valence-electron chi connectivity index (χ2n) is 3.42. The second kappa shape index (κ2) is 4.63. The smallest absolute Gasteiger partial charge is 0.171 e. The fraction of sp³-hybridized carbons (Fsp3) is 0.500. The third-order valence-electron chi connectivity index (χ3n) is 2.35. The molecule has 2 heterocycles. The zero-order valence-corrected chi connectivity index (χ0v) is 10.9. The molecule has 0 bridgehead atoms. The third kappa shape index (κ3) is 2.41. The van der Waals surface area contributed by atoms with Crippen molar-refractivity contribution in [3.63, 3.8) is 0 Å². The highest BCUT2D eigenvalue weighted by atomic mass is 79.9. The average molecular weight is 290 g/mol. The van der Waals surface area contributed by atoms with Gasteiger partial charge in [-0.05, 0) is 22.0 Å². The number of morpholine rings is 1. The monoisotopic (exact) mass is 289 g/mol. The van der Waals surface area contributed by atoms with Crippen LogP contribution in [0.3, 0.4) is 0 Å². The Bertz CT molecular complexity index is 371. The van der Waals surface area contributed by atoms with Crippen LogP contribution in [0.4, 0.5) is 5.69 Å². The molecule has 1 aliphatic heterocycles. The predicted octanol–water partition coefficient (Wildman–Crippen LogP) is 2.55. The second-order valence-corrected chi connectivity index (χ2v) is 5.85. The molecule has 2 rings (SSSR count). The lowest BCUT2D eigenvalue weighted by Gasteiger charge is -2.28. The fourth-order valence-corrected chi connectivity index (χ4v) is 3.15. The van der Waals surface area contributed by atoms with Gasteiger partial charge in [0, 0.05) is 20.0 Å². The first-order valence-corrected chi connectivity index (χ1v) is 6.42. The summed E-state index contributed by atoms with van der Waals surface area (Å²) in [5.41, 5.74) is 1.04. The molecule has 82 valence electrons. The van der Waals surface area contributed by atoms with Crippen molar-refractivity contribution in [3.05, 3.63) is 14.7 Å². The first kappa shape index (κ1) is 11.1. The number of anilines is 1. The van der Waals surface area contributed by atoms with E-state index in [1.165, 1.54) is 11.3 Å². The van der Waals surface area contributed by atoms with Gasteiger partial charge in [-0.2, -0.15) is 0 Å². The first-order chi connectivity index (χ1) is 7.18. The van der Waals surface area contributed by atoms with Gasteiger partial charge in [-0.3, -0.25) is 4.79 Å². The summed E-state index contributed by atoms with van der Waals surface area (Å²) in [4.78, 5) is 14.5. The molecule has 0 spiro atoms. The van der Waals surface area contributed by atoms with Gasteiger partial charge in [-0.15, -0.1) is 11.3 Å². The van der Waals surface area contributed by atoms with Crippen molar-refractivity contribution >= 4 is 38.7 Å². The predicted molar refractivity (Wildman–Crippen MR) is 65.1 cm³/mol. The number of nitrogens with zero attached hydrogens (tertiary/aromatic N) is 1. The van der Waals surface area contributed by atoms with E-state index in [1.807, 2.05) is 6.07 Å². The Morgan fingerprint density at radius 2 is 2.20 bits per heavy atom. The molecule has 1 aromatic rings. The van der Waals surface area contributed by atoms with Crippen molar-refractivity contribution < 1.29 is 9.53 Å². The van der Waals surface area contributed by atoms with Crippen molar-refractivity contribution in [2.24, 2.45) is 0 Å². The Morgan fingerprint density at radius 3 is 2.80 bits per heavy atom. The molecule has 0 unspecified atom stereocenters. The van der Waals surface area contributed by atoms with Gasteiger partial charge in [0.05, 0.1) is 27.6 Å². The van der Waals surface area contributed by atoms with Crippen molar-refractivity contribution in [3.8, 4) is 0 Å². The topological polar surface area (TPSA) is 29.5 Å². The summed E-state index contributed by atoms with van der Waals surface area (Å²) in [7, 11) is 0. The molecule has 0 amide bonds. The van der Waals surface area contributed by atoms with E-state index in [1.54, 1.807) is 6.92 Å². The molecule has 1 saturated heterocycles. The van der Waals surface area contributed by atoms with Gasteiger partial charge in [0.15, 0.2) is 5.78 Å². The normalized spacial score (nSPS) is 16.8. The van der Waals surface area contributed by atoms with E-state index in [0.717, 1.165) is 40.7 Å². The zero-order valence-electron chi connectivity index (χ0n) is 8.46. The third-order valence-corrected chi connectivity index (χ3v) is 4.08. The van der Waals surface area contributed by atoms with E-state index in [9.17, 15) is 4.79 Å². The Hall–Kier alpha value is -0.390. The summed E-state index contributed by atoms with van der Waals surface area (Å²) >= 11 is 4.93. The maximum absolute atomic E-state index is 11.5. The number of ether oxygens (including phenoxy) is 1. The van der Waals surface area contributed by atoms with Crippen molar-refractivity contribution in [2.45, 2.75) is 6.92 Å². The van der Waals surface area contributed by atoms with Gasteiger partial charge in [-0.25, -0.2) is 0 Å². The number of ketones is 1. The molecule has 0 saturated carbocycles. The van der Waals surface area contributed by atoms with Crippen LogP contribution in [0, 0.1) is 0 Å². The van der Waals surface area contributed by atoms with E-state index >= 15 is 0 Å². The molecule has 5 heteroatoms. The lowest BCUT2D eigenvalue weighted by atomic mass is 10.2. The summed E-state index contributed by atoms with van der Waals surface area (Å²) < 4.78 is 6.30. The summed E-state index contributed by atoms with van der Waals surface area (Å²) in [5, 5.41) is 0. The van der Waals surface area contributed by atoms with E-state index in [0.29, 0.717) is 0 Å². The molecule has 0 aromatic carbocycles. The van der Waals surface area contributed by atoms with Crippen molar-refractivity contribution in [2.75, 3.05) is 31.2 Å². The van der Waals surface area contributed by atoms with Gasteiger partial charge in [0.2, 0.25) is 0 Å². The number of rotatable bonds is 2. The van der Waals surface area contributed by atoms with Crippen molar-refractivity contribution in [1.29, 1.82) is 0 Å². The largest absolute Gasteiger partial charge is 0.378 e. The fourth-order valence-electron chi connectivity index (χ4n) is 1.64. The molecular weight excluding hydrogens is 278 g/mol. The van der Waals surface area contributed by atoms with Crippen LogP contribution in [-0.4, -0.2) is 32.1 Å². The molecule has 15 heavy (non-hydrogen) atoms. The summed E-state index contributed by atoms with van der Waals surface area (Å²) in [6, 6.07) is 2.02. The van der Waals surface area contributed by atoms with Gasteiger partial charge in [-0.1, -0.05) is 0 Å². The van der Waals surface area contributed by atoms with Gasteiger partial charge in [0.25, 0.3) is 0 Å². The van der Waals surface area contributed by atoms with Gasteiger partial charge in [0.1, 0.15) is 0 Å². The van der Waals surface area contributed by atoms with Crippen LogP contribution in [0.25, 0.3) is 0 Å². The maximum atomic E-state index is 11.5. The standard InChI is InChI=1S/C10H12BrNO2S/c1-7(13)10-8(6-9(11)15-10)12-2-4-14-5-3-12/h6H,2-5H2,1H3. The number of halogens is 1. The highest BCUT2D eigenvalue weighted by molar-refractivity contribution is 9.11. The van der Waals surface area contributed by atoms with Gasteiger partial charge < -0.3 is 9.64 Å². The van der Waals surface area contributed by atoms with Crippen molar-refractivity contribution in [1.82, 2.24) is 0 Å². The highest BCUT2D eigenvalue weighted by Gasteiger charge is 2.19. The van der Waals surface area contributed by atoms with Crippen LogP contribution < -0.4 is 4.90 Å². The van der Waals surface area contributed by atoms with Crippen LogP contribution in [-0.2, 0) is 4.74 Å². The minimum absolute atomic E-state index is 0.132. The number of hydrogen-bond acceptors (Lipinski definition) is 4. The molecule has 0 atom stereocenters. The number of hydrogen-bond donors (Lipinski definition) is 0. The summed E-state index contributed by atoms with van der Waals surface area (Å²) in [6.07, 6.45) is 0. The quantitative estimate of drug-likeness (QED) is 0.784. The SMILES string of the molecule is CC(=O)c1sc(Br)cc1N1CCOCC1. The molecule has 0 radical (unpaired) electrons. The van der Waals surface area contributed by atoms with Crippen LogP contribution >= 0.6 is 27.3 Å². The van der Waals surface area contributed by atoms with E-state index in [4.69, 9.17) is 4.74 Å². The zero-order chi connectivity index (χ0) is 10.8. The summed E-state index contributed by atoms with van der Waals surface area (Å²) in [5.74, 6) is 0.132. The Kier molecular flexibility index (Phi) is 3.43. The molecule has 3 nitrogen and oxygen atoms in total. The number of carbonyl (C=O) groups is 1.